The van der Waals surface area contributed by atoms with E-state index in [9.17, 15) is 0 Å². The zero-order chi connectivity index (χ0) is 8.27. The minimum atomic E-state index is -0.0919. The maximum atomic E-state index is 9.04. The molecule has 1 aromatic rings. The van der Waals surface area contributed by atoms with Crippen LogP contribution in [0, 0.1) is 0 Å². The van der Waals surface area contributed by atoms with Crippen molar-refractivity contribution in [2.45, 2.75) is 6.42 Å². The number of rotatable bonds is 2. The van der Waals surface area contributed by atoms with Crippen molar-refractivity contribution in [2.24, 2.45) is 5.73 Å². The van der Waals surface area contributed by atoms with E-state index in [-0.39, 0.29) is 92.4 Å². The third kappa shape index (κ3) is 5.76. The van der Waals surface area contributed by atoms with Crippen LogP contribution in [-0.4, -0.2) is 97.7 Å². The Morgan fingerprint density at radius 3 is 2.23 bits per heavy atom. The molecule has 62 valence electrons. The first kappa shape index (κ1) is 16.8. The number of aromatic hydroxyl groups is 2. The van der Waals surface area contributed by atoms with Gasteiger partial charge in [-0.1, -0.05) is 6.07 Å². The van der Waals surface area contributed by atoms with E-state index in [4.69, 9.17) is 15.9 Å². The average Bonchev–Trinajstić information content (AvgIpc) is 1.98. The molecular formula is C8H11KNNaO2. The second kappa shape index (κ2) is 8.70. The van der Waals surface area contributed by atoms with E-state index in [1.165, 1.54) is 12.1 Å². The Morgan fingerprint density at radius 2 is 1.77 bits per heavy atom. The van der Waals surface area contributed by atoms with E-state index in [1.54, 1.807) is 6.07 Å². The third-order valence-corrected chi connectivity index (χ3v) is 1.47. The number of benzene rings is 1. The molecule has 0 amide bonds. The summed E-state index contributed by atoms with van der Waals surface area (Å²) in [5, 5.41) is 18.0. The number of nitrogens with two attached hydrogens (primary N) is 1. The van der Waals surface area contributed by atoms with Crippen molar-refractivity contribution in [1.29, 1.82) is 0 Å². The molecule has 3 nitrogen and oxygen atoms in total. The number of hydrogen-bond donors (Lipinski definition) is 3. The van der Waals surface area contributed by atoms with Crippen molar-refractivity contribution in [1.82, 2.24) is 0 Å². The summed E-state index contributed by atoms with van der Waals surface area (Å²) in [5.41, 5.74) is 6.24. The topological polar surface area (TPSA) is 66.5 Å². The molecule has 1 aromatic carbocycles. The Balaban J connectivity index is 0. The molecule has 2 radical (unpaired) electrons. The summed E-state index contributed by atoms with van der Waals surface area (Å²) < 4.78 is 0. The van der Waals surface area contributed by atoms with Gasteiger partial charge >= 0.3 is 0 Å². The van der Waals surface area contributed by atoms with Gasteiger partial charge < -0.3 is 15.9 Å². The monoisotopic (exact) mass is 215 g/mol. The van der Waals surface area contributed by atoms with E-state index in [2.05, 4.69) is 0 Å². The molecule has 5 heteroatoms. The van der Waals surface area contributed by atoms with E-state index in [0.717, 1.165) is 5.56 Å². The third-order valence-electron chi connectivity index (χ3n) is 1.47. The standard InChI is InChI=1S/C8H11NO2.K.Na/c9-4-3-6-1-2-7(10)8(11)5-6;;/h1-2,5,10-11H,3-4,9H2;;. The first-order valence-electron chi connectivity index (χ1n) is 3.45. The molecule has 0 aliphatic carbocycles. The van der Waals surface area contributed by atoms with Gasteiger partial charge in [0.05, 0.1) is 0 Å². The average molecular weight is 215 g/mol. The van der Waals surface area contributed by atoms with Crippen LogP contribution >= 0.6 is 0 Å². The fourth-order valence-corrected chi connectivity index (χ4v) is 0.891. The van der Waals surface area contributed by atoms with Gasteiger partial charge in [-0.2, -0.15) is 0 Å². The van der Waals surface area contributed by atoms with Crippen LogP contribution < -0.4 is 5.73 Å². The van der Waals surface area contributed by atoms with E-state index < -0.39 is 0 Å². The van der Waals surface area contributed by atoms with Crippen LogP contribution in [-0.2, 0) is 6.42 Å². The van der Waals surface area contributed by atoms with Crippen LogP contribution in [0.25, 0.3) is 0 Å². The minimum absolute atomic E-state index is 0. The molecule has 0 unspecified atom stereocenters. The molecular weight excluding hydrogens is 204 g/mol. The minimum Gasteiger partial charge on any atom is -0.504 e. The Bertz CT molecular complexity index is 258. The van der Waals surface area contributed by atoms with E-state index in [0.29, 0.717) is 13.0 Å². The fourth-order valence-electron chi connectivity index (χ4n) is 0.891. The predicted molar refractivity (Wildman–Crippen MR) is 54.0 cm³/mol. The Morgan fingerprint density at radius 1 is 1.15 bits per heavy atom. The zero-order valence-electron chi connectivity index (χ0n) is 8.12. The van der Waals surface area contributed by atoms with Crippen molar-refractivity contribution in [2.75, 3.05) is 6.54 Å². The quantitative estimate of drug-likeness (QED) is 0.474. The van der Waals surface area contributed by atoms with E-state index in [1.807, 2.05) is 0 Å². The van der Waals surface area contributed by atoms with Crippen LogP contribution in [0.4, 0.5) is 0 Å². The smallest absolute Gasteiger partial charge is 0.157 e. The van der Waals surface area contributed by atoms with Crippen LogP contribution in [0.1, 0.15) is 5.56 Å². The van der Waals surface area contributed by atoms with Crippen molar-refractivity contribution in [3.63, 3.8) is 0 Å². The molecule has 4 N–H and O–H groups in total. The molecule has 0 saturated carbocycles. The molecule has 13 heavy (non-hydrogen) atoms. The SMILES string of the molecule is NCCc1ccc(O)c(O)c1.[K].[Na]. The Hall–Kier alpha value is 1.42. The molecule has 0 atom stereocenters. The molecule has 0 saturated heterocycles. The van der Waals surface area contributed by atoms with Crippen LogP contribution in [0.5, 0.6) is 11.5 Å². The molecule has 0 heterocycles. The molecule has 0 bridgehead atoms. The van der Waals surface area contributed by atoms with Gasteiger partial charge in [0.25, 0.3) is 0 Å². The summed E-state index contributed by atoms with van der Waals surface area (Å²) in [4.78, 5) is 0. The fraction of sp³-hybridized carbons (Fsp3) is 0.250. The van der Waals surface area contributed by atoms with Crippen molar-refractivity contribution in [3.8, 4) is 11.5 Å². The van der Waals surface area contributed by atoms with Crippen LogP contribution in [0.2, 0.25) is 0 Å². The second-order valence-corrected chi connectivity index (χ2v) is 2.36. The number of hydrogen-bond acceptors (Lipinski definition) is 3. The number of phenolic OH excluding ortho intramolecular Hbond substituents is 2. The summed E-state index contributed by atoms with van der Waals surface area (Å²) in [6, 6.07) is 4.71. The van der Waals surface area contributed by atoms with Gasteiger partial charge in [-0.25, -0.2) is 0 Å². The first-order chi connectivity index (χ1) is 5.24. The predicted octanol–water partition coefficient (Wildman–Crippen LogP) is -0.163. The van der Waals surface area contributed by atoms with Gasteiger partial charge in [-0.15, -0.1) is 0 Å². The second-order valence-electron chi connectivity index (χ2n) is 2.36. The summed E-state index contributed by atoms with van der Waals surface area (Å²) in [6.45, 7) is 0.546. The van der Waals surface area contributed by atoms with Gasteiger partial charge in [0.2, 0.25) is 0 Å². The van der Waals surface area contributed by atoms with Crippen molar-refractivity contribution < 1.29 is 10.2 Å². The van der Waals surface area contributed by atoms with Gasteiger partial charge in [0, 0.05) is 80.9 Å². The van der Waals surface area contributed by atoms with Gasteiger partial charge in [-0.3, -0.25) is 0 Å². The van der Waals surface area contributed by atoms with Crippen molar-refractivity contribution in [3.05, 3.63) is 23.8 Å². The summed E-state index contributed by atoms with van der Waals surface area (Å²) in [6.07, 6.45) is 0.716. The maximum Gasteiger partial charge on any atom is 0.157 e. The van der Waals surface area contributed by atoms with Crippen molar-refractivity contribution >= 4 is 80.9 Å². The summed E-state index contributed by atoms with van der Waals surface area (Å²) in [5.74, 6) is -0.179. The zero-order valence-corrected chi connectivity index (χ0v) is 13.2. The summed E-state index contributed by atoms with van der Waals surface area (Å²) >= 11 is 0. The summed E-state index contributed by atoms with van der Waals surface area (Å²) in [7, 11) is 0. The normalized spacial score (nSPS) is 8.38. The Labute approximate surface area is 142 Å². The van der Waals surface area contributed by atoms with E-state index >= 15 is 0 Å². The maximum absolute atomic E-state index is 9.04. The van der Waals surface area contributed by atoms with Crippen LogP contribution in [0.15, 0.2) is 18.2 Å². The molecule has 0 fully saturated rings. The molecule has 0 aromatic heterocycles. The Kier molecular flexibility index (Phi) is 11.3. The molecule has 1 rings (SSSR count). The van der Waals surface area contributed by atoms with Crippen LogP contribution in [0.3, 0.4) is 0 Å². The van der Waals surface area contributed by atoms with Gasteiger partial charge in [0.15, 0.2) is 11.5 Å². The largest absolute Gasteiger partial charge is 0.504 e. The first-order valence-corrected chi connectivity index (χ1v) is 3.45. The van der Waals surface area contributed by atoms with Gasteiger partial charge in [0.1, 0.15) is 0 Å². The number of phenols is 2. The molecule has 0 aliphatic rings. The molecule has 0 spiro atoms. The van der Waals surface area contributed by atoms with Gasteiger partial charge in [-0.05, 0) is 30.7 Å². The molecule has 0 aliphatic heterocycles.